The largest absolute Gasteiger partial charge is 0.384 e. The Balaban J connectivity index is 2.69. The first kappa shape index (κ1) is 17.9. The lowest BCUT2D eigenvalue weighted by Crippen LogP contribution is -2.25. The van der Waals surface area contributed by atoms with Crippen molar-refractivity contribution in [1.82, 2.24) is 9.03 Å². The summed E-state index contributed by atoms with van der Waals surface area (Å²) >= 11 is 0. The molecule has 0 unspecified atom stereocenters. The van der Waals surface area contributed by atoms with E-state index >= 15 is 0 Å². The number of nitrogens with zero attached hydrogens (tertiary/aromatic N) is 1. The molecule has 0 aromatic heterocycles. The molecule has 7 nitrogen and oxygen atoms in total. The predicted molar refractivity (Wildman–Crippen MR) is 83.3 cm³/mol. The van der Waals surface area contributed by atoms with Crippen LogP contribution in [0.1, 0.15) is 6.42 Å². The highest BCUT2D eigenvalue weighted by atomic mass is 32.2. The van der Waals surface area contributed by atoms with Crippen molar-refractivity contribution in [2.75, 3.05) is 38.8 Å². The summed E-state index contributed by atoms with van der Waals surface area (Å²) in [5.74, 6) is 0. The van der Waals surface area contributed by atoms with Gasteiger partial charge in [-0.3, -0.25) is 0 Å². The van der Waals surface area contributed by atoms with Crippen molar-refractivity contribution in [1.29, 1.82) is 0 Å². The third-order valence-corrected chi connectivity index (χ3v) is 5.28. The predicted octanol–water partition coefficient (Wildman–Crippen LogP) is 0.288. The van der Waals surface area contributed by atoms with E-state index in [9.17, 15) is 16.8 Å². The van der Waals surface area contributed by atoms with E-state index in [4.69, 9.17) is 0 Å². The van der Waals surface area contributed by atoms with E-state index in [2.05, 4.69) is 10.0 Å². The summed E-state index contributed by atoms with van der Waals surface area (Å²) in [5, 5.41) is 3.02. The van der Waals surface area contributed by atoms with Crippen LogP contribution in [0.25, 0.3) is 0 Å². The molecule has 0 bridgehead atoms. The standard InChI is InChI=1S/C12H21N3O4S2/c1-15(2)21(18,19)12-8-5-4-7-11(12)13-9-6-10-14-20(3,16)17/h4-5,7-8,13-14H,6,9-10H2,1-3H3. The smallest absolute Gasteiger partial charge is 0.244 e. The Morgan fingerprint density at radius 3 is 2.24 bits per heavy atom. The highest BCUT2D eigenvalue weighted by Crippen LogP contribution is 2.22. The van der Waals surface area contributed by atoms with Crippen molar-refractivity contribution in [2.24, 2.45) is 0 Å². The minimum atomic E-state index is -3.51. The average molecular weight is 335 g/mol. The topological polar surface area (TPSA) is 95.6 Å². The van der Waals surface area contributed by atoms with Gasteiger partial charge in [0, 0.05) is 27.2 Å². The number of anilines is 1. The van der Waals surface area contributed by atoms with E-state index in [0.717, 1.165) is 10.6 Å². The van der Waals surface area contributed by atoms with Crippen LogP contribution in [0.3, 0.4) is 0 Å². The molecule has 0 amide bonds. The third kappa shape index (κ3) is 5.62. The Morgan fingerprint density at radius 2 is 1.67 bits per heavy atom. The minimum absolute atomic E-state index is 0.200. The summed E-state index contributed by atoms with van der Waals surface area (Å²) in [6, 6.07) is 6.62. The van der Waals surface area contributed by atoms with Crippen LogP contribution in [-0.4, -0.2) is 54.6 Å². The second-order valence-corrected chi connectivity index (χ2v) is 8.68. The van der Waals surface area contributed by atoms with Gasteiger partial charge in [-0.05, 0) is 18.6 Å². The fourth-order valence-corrected chi connectivity index (χ4v) is 3.18. The van der Waals surface area contributed by atoms with Gasteiger partial charge in [0.1, 0.15) is 4.90 Å². The minimum Gasteiger partial charge on any atom is -0.384 e. The van der Waals surface area contributed by atoms with E-state index in [1.165, 1.54) is 20.2 Å². The maximum absolute atomic E-state index is 12.2. The second-order valence-electron chi connectivity index (χ2n) is 4.73. The van der Waals surface area contributed by atoms with Crippen molar-refractivity contribution in [2.45, 2.75) is 11.3 Å². The summed E-state index contributed by atoms with van der Waals surface area (Å²) in [4.78, 5) is 0.200. The van der Waals surface area contributed by atoms with Crippen molar-refractivity contribution < 1.29 is 16.8 Å². The van der Waals surface area contributed by atoms with Gasteiger partial charge in [-0.2, -0.15) is 0 Å². The van der Waals surface area contributed by atoms with Gasteiger partial charge < -0.3 is 5.32 Å². The van der Waals surface area contributed by atoms with Crippen molar-refractivity contribution in [3.8, 4) is 0 Å². The quantitative estimate of drug-likeness (QED) is 0.666. The molecule has 0 atom stereocenters. The molecule has 0 aliphatic rings. The van der Waals surface area contributed by atoms with E-state index in [-0.39, 0.29) is 4.90 Å². The first-order chi connectivity index (χ1) is 9.64. The normalized spacial score (nSPS) is 12.6. The molecule has 1 rings (SSSR count). The lowest BCUT2D eigenvalue weighted by Gasteiger charge is -2.16. The summed E-state index contributed by atoms with van der Waals surface area (Å²) in [6.45, 7) is 0.761. The molecule has 2 N–H and O–H groups in total. The summed E-state index contributed by atoms with van der Waals surface area (Å²) in [5.41, 5.74) is 0.505. The monoisotopic (exact) mass is 335 g/mol. The van der Waals surface area contributed by atoms with Crippen LogP contribution in [0.4, 0.5) is 5.69 Å². The number of benzene rings is 1. The number of hydrogen-bond donors (Lipinski definition) is 2. The number of sulfonamides is 2. The van der Waals surface area contributed by atoms with Crippen LogP contribution in [-0.2, 0) is 20.0 Å². The number of hydrogen-bond acceptors (Lipinski definition) is 5. The van der Waals surface area contributed by atoms with Gasteiger partial charge in [0.25, 0.3) is 0 Å². The zero-order valence-electron chi connectivity index (χ0n) is 12.3. The lowest BCUT2D eigenvalue weighted by atomic mass is 10.3. The van der Waals surface area contributed by atoms with Gasteiger partial charge in [0.2, 0.25) is 20.0 Å². The highest BCUT2D eigenvalue weighted by Gasteiger charge is 2.20. The second kappa shape index (κ2) is 7.21. The molecule has 1 aromatic rings. The van der Waals surface area contributed by atoms with Crippen LogP contribution in [0, 0.1) is 0 Å². The Morgan fingerprint density at radius 1 is 1.05 bits per heavy atom. The molecule has 0 saturated carbocycles. The highest BCUT2D eigenvalue weighted by molar-refractivity contribution is 7.89. The molecule has 0 saturated heterocycles. The van der Waals surface area contributed by atoms with Crippen LogP contribution in [0.2, 0.25) is 0 Å². The molecule has 9 heteroatoms. The van der Waals surface area contributed by atoms with Crippen molar-refractivity contribution in [3.63, 3.8) is 0 Å². The first-order valence-electron chi connectivity index (χ1n) is 6.34. The Hall–Kier alpha value is -1.16. The Labute approximate surface area is 126 Å². The van der Waals surface area contributed by atoms with Crippen molar-refractivity contribution >= 4 is 25.7 Å². The van der Waals surface area contributed by atoms with Crippen LogP contribution >= 0.6 is 0 Å². The molecule has 0 aliphatic heterocycles. The number of rotatable bonds is 8. The molecular weight excluding hydrogens is 314 g/mol. The summed E-state index contributed by atoms with van der Waals surface area (Å²) in [6.07, 6.45) is 1.64. The SMILES string of the molecule is CN(C)S(=O)(=O)c1ccccc1NCCCNS(C)(=O)=O. The molecule has 0 fully saturated rings. The van der Waals surface area contributed by atoms with Crippen molar-refractivity contribution in [3.05, 3.63) is 24.3 Å². The maximum Gasteiger partial charge on any atom is 0.244 e. The molecule has 0 heterocycles. The van der Waals surface area contributed by atoms with Gasteiger partial charge in [-0.15, -0.1) is 0 Å². The zero-order chi connectivity index (χ0) is 16.1. The molecule has 0 spiro atoms. The number of para-hydroxylation sites is 1. The van der Waals surface area contributed by atoms with Gasteiger partial charge in [0.15, 0.2) is 0 Å². The van der Waals surface area contributed by atoms with Gasteiger partial charge in [-0.25, -0.2) is 25.9 Å². The van der Waals surface area contributed by atoms with E-state index < -0.39 is 20.0 Å². The van der Waals surface area contributed by atoms with Crippen LogP contribution in [0.15, 0.2) is 29.2 Å². The Bertz CT molecular complexity index is 669. The molecule has 21 heavy (non-hydrogen) atoms. The molecule has 0 radical (unpaired) electrons. The van der Waals surface area contributed by atoms with Crippen LogP contribution in [0.5, 0.6) is 0 Å². The van der Waals surface area contributed by atoms with Gasteiger partial charge in [0.05, 0.1) is 11.9 Å². The molecular formula is C12H21N3O4S2. The molecule has 120 valence electrons. The third-order valence-electron chi connectivity index (χ3n) is 2.68. The van der Waals surface area contributed by atoms with Crippen LogP contribution < -0.4 is 10.0 Å². The average Bonchev–Trinajstić information content (AvgIpc) is 2.37. The van der Waals surface area contributed by atoms with Gasteiger partial charge in [-0.1, -0.05) is 12.1 Å². The molecule has 1 aromatic carbocycles. The fourth-order valence-electron chi connectivity index (χ4n) is 1.60. The fraction of sp³-hybridized carbons (Fsp3) is 0.500. The van der Waals surface area contributed by atoms with Gasteiger partial charge >= 0.3 is 0 Å². The van der Waals surface area contributed by atoms with E-state index in [1.54, 1.807) is 18.2 Å². The molecule has 0 aliphatic carbocycles. The summed E-state index contributed by atoms with van der Waals surface area (Å²) < 4.78 is 49.7. The maximum atomic E-state index is 12.2. The Kier molecular flexibility index (Phi) is 6.14. The lowest BCUT2D eigenvalue weighted by molar-refractivity contribution is 0.521. The first-order valence-corrected chi connectivity index (χ1v) is 9.68. The van der Waals surface area contributed by atoms with E-state index in [1.807, 2.05) is 0 Å². The zero-order valence-corrected chi connectivity index (χ0v) is 14.0. The van der Waals surface area contributed by atoms with E-state index in [0.29, 0.717) is 25.2 Å². The summed E-state index contributed by atoms with van der Waals surface area (Å²) in [7, 11) is -3.76. The number of nitrogens with one attached hydrogen (secondary N) is 2.